The first kappa shape index (κ1) is 13.1. The third-order valence-corrected chi connectivity index (χ3v) is 3.68. The molecule has 4 heteroatoms. The van der Waals surface area contributed by atoms with E-state index in [1.165, 1.54) is 18.9 Å². The van der Waals surface area contributed by atoms with E-state index >= 15 is 0 Å². The Labute approximate surface area is 100 Å². The molecule has 0 aromatic heterocycles. The van der Waals surface area contributed by atoms with Crippen LogP contribution in [-0.4, -0.2) is 24.9 Å². The largest absolute Gasteiger partial charge is 0.468 e. The van der Waals surface area contributed by atoms with E-state index in [0.29, 0.717) is 5.75 Å². The maximum Gasteiger partial charge on any atom is 0.315 e. The second-order valence-corrected chi connectivity index (χ2v) is 4.71. The summed E-state index contributed by atoms with van der Waals surface area (Å²) < 4.78 is 4.62. The lowest BCUT2D eigenvalue weighted by atomic mass is 10.1. The molecule has 0 saturated heterocycles. The summed E-state index contributed by atoms with van der Waals surface area (Å²) in [6.45, 7) is 1.95. The number of ether oxygens (including phenoxy) is 1. The molecule has 1 aromatic rings. The monoisotopic (exact) mass is 239 g/mol. The van der Waals surface area contributed by atoms with Gasteiger partial charge in [0.1, 0.15) is 0 Å². The Morgan fingerprint density at radius 2 is 2.06 bits per heavy atom. The van der Waals surface area contributed by atoms with Gasteiger partial charge in [-0.25, -0.2) is 0 Å². The van der Waals surface area contributed by atoms with Crippen molar-refractivity contribution >= 4 is 17.7 Å². The van der Waals surface area contributed by atoms with Crippen molar-refractivity contribution in [1.29, 1.82) is 0 Å². The predicted octanol–water partition coefficient (Wildman–Crippen LogP) is 1.98. The minimum absolute atomic E-state index is 0.00273. The van der Waals surface area contributed by atoms with Gasteiger partial charge in [-0.3, -0.25) is 4.79 Å². The van der Waals surface area contributed by atoms with Gasteiger partial charge < -0.3 is 10.5 Å². The van der Waals surface area contributed by atoms with Crippen molar-refractivity contribution in [2.24, 2.45) is 5.73 Å². The van der Waals surface area contributed by atoms with Crippen LogP contribution in [0.2, 0.25) is 0 Å². The molecule has 0 bridgehead atoms. The Morgan fingerprint density at radius 1 is 1.44 bits per heavy atom. The molecule has 0 radical (unpaired) electrons. The van der Waals surface area contributed by atoms with E-state index in [1.54, 1.807) is 0 Å². The lowest BCUT2D eigenvalue weighted by Gasteiger charge is -2.20. The van der Waals surface area contributed by atoms with Gasteiger partial charge in [-0.1, -0.05) is 30.3 Å². The summed E-state index contributed by atoms with van der Waals surface area (Å²) in [5.74, 6) is 0.115. The fraction of sp³-hybridized carbons (Fsp3) is 0.417. The number of esters is 1. The van der Waals surface area contributed by atoms with Crippen molar-refractivity contribution in [2.45, 2.75) is 18.2 Å². The molecule has 2 atom stereocenters. The number of hydrogen-bond donors (Lipinski definition) is 1. The number of nitrogens with two attached hydrogens (primary N) is 1. The van der Waals surface area contributed by atoms with E-state index in [2.05, 4.69) is 4.74 Å². The number of rotatable bonds is 5. The topological polar surface area (TPSA) is 52.3 Å². The van der Waals surface area contributed by atoms with Crippen molar-refractivity contribution in [3.63, 3.8) is 0 Å². The maximum absolute atomic E-state index is 11.1. The van der Waals surface area contributed by atoms with E-state index < -0.39 is 0 Å². The van der Waals surface area contributed by atoms with Gasteiger partial charge in [0, 0.05) is 11.3 Å². The zero-order chi connectivity index (χ0) is 12.0. The van der Waals surface area contributed by atoms with Crippen molar-refractivity contribution in [3.05, 3.63) is 35.9 Å². The Morgan fingerprint density at radius 3 is 2.56 bits per heavy atom. The number of carbonyl (C=O) groups is 1. The van der Waals surface area contributed by atoms with Crippen LogP contribution in [0.25, 0.3) is 0 Å². The predicted molar refractivity (Wildman–Crippen MR) is 67.3 cm³/mol. The SMILES string of the molecule is COC(=O)CSC(c1ccccc1)C(C)N. The number of methoxy groups -OCH3 is 1. The van der Waals surface area contributed by atoms with E-state index in [4.69, 9.17) is 5.73 Å². The van der Waals surface area contributed by atoms with Gasteiger partial charge in [0.2, 0.25) is 0 Å². The number of carbonyl (C=O) groups excluding carboxylic acids is 1. The first-order valence-electron chi connectivity index (χ1n) is 5.14. The lowest BCUT2D eigenvalue weighted by Crippen LogP contribution is -2.23. The van der Waals surface area contributed by atoms with Gasteiger partial charge in [-0.15, -0.1) is 11.8 Å². The van der Waals surface area contributed by atoms with Gasteiger partial charge in [0.25, 0.3) is 0 Å². The first-order chi connectivity index (χ1) is 7.65. The Balaban J connectivity index is 2.66. The summed E-state index contributed by atoms with van der Waals surface area (Å²) in [4.78, 5) is 11.1. The second-order valence-electron chi connectivity index (χ2n) is 3.58. The van der Waals surface area contributed by atoms with Crippen LogP contribution in [0.4, 0.5) is 0 Å². The van der Waals surface area contributed by atoms with Crippen molar-refractivity contribution in [1.82, 2.24) is 0 Å². The van der Waals surface area contributed by atoms with Crippen LogP contribution in [0.1, 0.15) is 17.7 Å². The van der Waals surface area contributed by atoms with Crippen LogP contribution in [0.5, 0.6) is 0 Å². The minimum Gasteiger partial charge on any atom is -0.468 e. The molecule has 2 unspecified atom stereocenters. The number of hydrogen-bond acceptors (Lipinski definition) is 4. The van der Waals surface area contributed by atoms with Crippen LogP contribution in [0, 0.1) is 0 Å². The molecule has 16 heavy (non-hydrogen) atoms. The fourth-order valence-corrected chi connectivity index (χ4v) is 2.50. The minimum atomic E-state index is -0.216. The van der Waals surface area contributed by atoms with E-state index in [9.17, 15) is 4.79 Å². The van der Waals surface area contributed by atoms with E-state index in [1.807, 2.05) is 37.3 Å². The Bertz CT molecular complexity index is 327. The average molecular weight is 239 g/mol. The highest BCUT2D eigenvalue weighted by atomic mass is 32.2. The highest BCUT2D eigenvalue weighted by molar-refractivity contribution is 8.00. The summed E-state index contributed by atoms with van der Waals surface area (Å²) in [6, 6.07) is 9.97. The third-order valence-electron chi connectivity index (χ3n) is 2.21. The summed E-state index contributed by atoms with van der Waals surface area (Å²) in [7, 11) is 1.40. The molecular weight excluding hydrogens is 222 g/mol. The number of benzene rings is 1. The summed E-state index contributed by atoms with van der Waals surface area (Å²) >= 11 is 1.52. The van der Waals surface area contributed by atoms with Crippen LogP contribution in [0.3, 0.4) is 0 Å². The van der Waals surface area contributed by atoms with Crippen LogP contribution >= 0.6 is 11.8 Å². The summed E-state index contributed by atoms with van der Waals surface area (Å²) in [6.07, 6.45) is 0. The molecule has 0 aliphatic rings. The van der Waals surface area contributed by atoms with Gasteiger partial charge in [0.15, 0.2) is 0 Å². The maximum atomic E-state index is 11.1. The normalized spacial score (nSPS) is 14.2. The second kappa shape index (κ2) is 6.55. The van der Waals surface area contributed by atoms with Crippen molar-refractivity contribution in [3.8, 4) is 0 Å². The highest BCUT2D eigenvalue weighted by Gasteiger charge is 2.18. The molecule has 1 aromatic carbocycles. The van der Waals surface area contributed by atoms with Crippen molar-refractivity contribution < 1.29 is 9.53 Å². The molecule has 0 aliphatic carbocycles. The molecule has 88 valence electrons. The smallest absolute Gasteiger partial charge is 0.315 e. The standard InChI is InChI=1S/C12H17NO2S/c1-9(13)12(16-8-11(14)15-2)10-6-4-3-5-7-10/h3-7,9,12H,8,13H2,1-2H3. The number of thioether (sulfide) groups is 1. The van der Waals surface area contributed by atoms with Crippen LogP contribution in [0.15, 0.2) is 30.3 Å². The molecule has 0 fully saturated rings. The molecule has 0 amide bonds. The van der Waals surface area contributed by atoms with Crippen molar-refractivity contribution in [2.75, 3.05) is 12.9 Å². The third kappa shape index (κ3) is 3.87. The van der Waals surface area contributed by atoms with E-state index in [-0.39, 0.29) is 17.3 Å². The molecule has 0 aliphatic heterocycles. The van der Waals surface area contributed by atoms with Gasteiger partial charge in [0.05, 0.1) is 12.9 Å². The van der Waals surface area contributed by atoms with Crippen LogP contribution < -0.4 is 5.73 Å². The molecule has 3 nitrogen and oxygen atoms in total. The van der Waals surface area contributed by atoms with E-state index in [0.717, 1.165) is 5.56 Å². The van der Waals surface area contributed by atoms with Crippen LogP contribution in [-0.2, 0) is 9.53 Å². The molecule has 0 spiro atoms. The van der Waals surface area contributed by atoms with Gasteiger partial charge in [-0.05, 0) is 12.5 Å². The zero-order valence-electron chi connectivity index (χ0n) is 9.55. The highest BCUT2D eigenvalue weighted by Crippen LogP contribution is 2.30. The average Bonchev–Trinajstić information content (AvgIpc) is 2.30. The zero-order valence-corrected chi connectivity index (χ0v) is 10.4. The summed E-state index contributed by atoms with van der Waals surface area (Å²) in [5, 5.41) is 0.125. The molecular formula is C12H17NO2S. The Kier molecular flexibility index (Phi) is 5.35. The quantitative estimate of drug-likeness (QED) is 0.798. The molecule has 2 N–H and O–H groups in total. The Hall–Kier alpha value is -1.00. The summed E-state index contributed by atoms with van der Waals surface area (Å²) in [5.41, 5.74) is 7.07. The lowest BCUT2D eigenvalue weighted by molar-refractivity contribution is -0.137. The first-order valence-corrected chi connectivity index (χ1v) is 6.19. The van der Waals surface area contributed by atoms with Gasteiger partial charge >= 0.3 is 5.97 Å². The molecule has 0 saturated carbocycles. The van der Waals surface area contributed by atoms with Gasteiger partial charge in [-0.2, -0.15) is 0 Å². The fourth-order valence-electron chi connectivity index (χ4n) is 1.41. The molecule has 0 heterocycles. The molecule has 1 rings (SSSR count).